The molecule has 3 aromatic rings. The first-order valence-electron chi connectivity index (χ1n) is 9.59. The molecule has 0 aliphatic rings. The highest BCUT2D eigenvalue weighted by atomic mass is 127. The smallest absolute Gasteiger partial charge is 0.271 e. The number of halogens is 2. The SMILES string of the molecule is COc1cc(/C=C(\C#N)C(=O)Nc2cccc([N+](=O)[O-])c2)cc(I)c1Cc1ccccc1F. The average molecular weight is 557 g/mol. The number of non-ortho nitro benzene ring substituents is 1. The van der Waals surface area contributed by atoms with Crippen LogP contribution in [0.5, 0.6) is 5.75 Å². The number of ether oxygens (including phenoxy) is 1. The Balaban J connectivity index is 1.89. The molecule has 1 N–H and O–H groups in total. The van der Waals surface area contributed by atoms with E-state index in [0.29, 0.717) is 23.3 Å². The summed E-state index contributed by atoms with van der Waals surface area (Å²) in [5, 5.41) is 22.9. The van der Waals surface area contributed by atoms with Gasteiger partial charge in [0.25, 0.3) is 11.6 Å². The van der Waals surface area contributed by atoms with Gasteiger partial charge in [0.2, 0.25) is 0 Å². The molecule has 0 atom stereocenters. The highest BCUT2D eigenvalue weighted by molar-refractivity contribution is 14.1. The number of nitrogens with zero attached hydrogens (tertiary/aromatic N) is 2. The molecule has 0 spiro atoms. The number of nitriles is 1. The maximum Gasteiger partial charge on any atom is 0.271 e. The van der Waals surface area contributed by atoms with Crippen LogP contribution in [-0.2, 0) is 11.2 Å². The number of amides is 1. The monoisotopic (exact) mass is 557 g/mol. The zero-order chi connectivity index (χ0) is 24.0. The molecule has 166 valence electrons. The van der Waals surface area contributed by atoms with Gasteiger partial charge in [-0.05, 0) is 64.1 Å². The molecular weight excluding hydrogens is 540 g/mol. The van der Waals surface area contributed by atoms with Crippen molar-refractivity contribution in [3.05, 3.63) is 102 Å². The third-order valence-electron chi connectivity index (χ3n) is 4.71. The Labute approximate surface area is 202 Å². The summed E-state index contributed by atoms with van der Waals surface area (Å²) in [6.07, 6.45) is 1.71. The van der Waals surface area contributed by atoms with Gasteiger partial charge in [-0.1, -0.05) is 24.3 Å². The topological polar surface area (TPSA) is 105 Å². The van der Waals surface area contributed by atoms with E-state index in [1.807, 2.05) is 6.07 Å². The lowest BCUT2D eigenvalue weighted by Gasteiger charge is -2.13. The summed E-state index contributed by atoms with van der Waals surface area (Å²) < 4.78 is 20.4. The molecule has 0 unspecified atom stereocenters. The lowest BCUT2D eigenvalue weighted by molar-refractivity contribution is -0.384. The number of carbonyl (C=O) groups excluding carboxylic acids is 1. The number of anilines is 1. The minimum absolute atomic E-state index is 0.181. The molecule has 3 aromatic carbocycles. The molecule has 0 bridgehead atoms. The molecule has 0 radical (unpaired) electrons. The maximum absolute atomic E-state index is 14.1. The number of benzene rings is 3. The van der Waals surface area contributed by atoms with Gasteiger partial charge in [0, 0.05) is 33.4 Å². The van der Waals surface area contributed by atoms with Crippen molar-refractivity contribution >= 4 is 45.9 Å². The number of methoxy groups -OCH3 is 1. The maximum atomic E-state index is 14.1. The molecule has 0 saturated heterocycles. The molecule has 1 amide bonds. The lowest BCUT2D eigenvalue weighted by Crippen LogP contribution is -2.13. The van der Waals surface area contributed by atoms with Crippen molar-refractivity contribution in [3.63, 3.8) is 0 Å². The van der Waals surface area contributed by atoms with E-state index in [2.05, 4.69) is 27.9 Å². The quantitative estimate of drug-likeness (QED) is 0.136. The highest BCUT2D eigenvalue weighted by Gasteiger charge is 2.15. The number of rotatable bonds is 7. The van der Waals surface area contributed by atoms with E-state index in [1.165, 1.54) is 43.5 Å². The Morgan fingerprint density at radius 3 is 2.67 bits per heavy atom. The minimum Gasteiger partial charge on any atom is -0.496 e. The lowest BCUT2D eigenvalue weighted by atomic mass is 10.0. The van der Waals surface area contributed by atoms with E-state index in [-0.39, 0.29) is 22.8 Å². The van der Waals surface area contributed by atoms with E-state index >= 15 is 0 Å². The molecule has 0 heterocycles. The Bertz CT molecular complexity index is 1300. The third kappa shape index (κ3) is 5.93. The van der Waals surface area contributed by atoms with Gasteiger partial charge >= 0.3 is 0 Å². The predicted molar refractivity (Wildman–Crippen MR) is 130 cm³/mol. The Morgan fingerprint density at radius 1 is 1.24 bits per heavy atom. The number of nitrogens with one attached hydrogen (secondary N) is 1. The van der Waals surface area contributed by atoms with Crippen LogP contribution in [0.3, 0.4) is 0 Å². The summed E-state index contributed by atoms with van der Waals surface area (Å²) >= 11 is 2.10. The van der Waals surface area contributed by atoms with Crippen molar-refractivity contribution in [2.24, 2.45) is 0 Å². The van der Waals surface area contributed by atoms with E-state index in [1.54, 1.807) is 30.3 Å². The van der Waals surface area contributed by atoms with Crippen LogP contribution in [0, 0.1) is 30.8 Å². The number of hydrogen-bond acceptors (Lipinski definition) is 5. The number of carbonyl (C=O) groups is 1. The van der Waals surface area contributed by atoms with Gasteiger partial charge in [0.15, 0.2) is 0 Å². The number of hydrogen-bond donors (Lipinski definition) is 1. The molecule has 0 fully saturated rings. The zero-order valence-electron chi connectivity index (χ0n) is 17.3. The van der Waals surface area contributed by atoms with Crippen molar-refractivity contribution in [2.75, 3.05) is 12.4 Å². The van der Waals surface area contributed by atoms with Crippen LogP contribution >= 0.6 is 22.6 Å². The standard InChI is InChI=1S/C24H17FIN3O4/c1-33-23-11-15(10-22(26)20(23)12-16-5-2-3-8-21(16)25)9-17(14-27)24(30)28-18-6-4-7-19(13-18)29(31)32/h2-11,13H,12H2,1H3,(H,28,30)/b17-9+. The summed E-state index contributed by atoms with van der Waals surface area (Å²) in [7, 11) is 1.49. The second kappa shape index (κ2) is 10.7. The van der Waals surface area contributed by atoms with Gasteiger partial charge in [-0.25, -0.2) is 4.39 Å². The Morgan fingerprint density at radius 2 is 2.00 bits per heavy atom. The van der Waals surface area contributed by atoms with Crippen LogP contribution < -0.4 is 10.1 Å². The summed E-state index contributed by atoms with van der Waals surface area (Å²) in [6, 6.07) is 17.2. The number of nitro benzene ring substituents is 1. The summed E-state index contributed by atoms with van der Waals surface area (Å²) in [5.41, 5.74) is 1.66. The first kappa shape index (κ1) is 23.9. The summed E-state index contributed by atoms with van der Waals surface area (Å²) in [5.74, 6) is -0.529. The molecule has 0 saturated carbocycles. The second-order valence-electron chi connectivity index (χ2n) is 6.88. The van der Waals surface area contributed by atoms with Crippen LogP contribution in [0.2, 0.25) is 0 Å². The van der Waals surface area contributed by atoms with Gasteiger partial charge < -0.3 is 10.1 Å². The first-order chi connectivity index (χ1) is 15.8. The van der Waals surface area contributed by atoms with Crippen LogP contribution in [0.1, 0.15) is 16.7 Å². The highest BCUT2D eigenvalue weighted by Crippen LogP contribution is 2.30. The van der Waals surface area contributed by atoms with Crippen molar-refractivity contribution < 1.29 is 18.8 Å². The van der Waals surface area contributed by atoms with Gasteiger partial charge in [-0.3, -0.25) is 14.9 Å². The largest absolute Gasteiger partial charge is 0.496 e. The third-order valence-corrected chi connectivity index (χ3v) is 5.68. The van der Waals surface area contributed by atoms with Gasteiger partial charge in [0.1, 0.15) is 23.2 Å². The van der Waals surface area contributed by atoms with Crippen molar-refractivity contribution in [1.82, 2.24) is 0 Å². The zero-order valence-corrected chi connectivity index (χ0v) is 19.5. The summed E-state index contributed by atoms with van der Waals surface area (Å²) in [4.78, 5) is 22.9. The van der Waals surface area contributed by atoms with Crippen LogP contribution in [-0.4, -0.2) is 17.9 Å². The fourth-order valence-corrected chi connectivity index (χ4v) is 3.93. The van der Waals surface area contributed by atoms with E-state index in [0.717, 1.165) is 9.13 Å². The molecule has 3 rings (SSSR count). The van der Waals surface area contributed by atoms with E-state index in [4.69, 9.17) is 4.74 Å². The van der Waals surface area contributed by atoms with Gasteiger partial charge in [0.05, 0.1) is 12.0 Å². The molecule has 0 aliphatic carbocycles. The minimum atomic E-state index is -0.706. The average Bonchev–Trinajstić information content (AvgIpc) is 2.80. The van der Waals surface area contributed by atoms with Gasteiger partial charge in [-0.15, -0.1) is 0 Å². The van der Waals surface area contributed by atoms with Crippen molar-refractivity contribution in [2.45, 2.75) is 6.42 Å². The molecule has 7 nitrogen and oxygen atoms in total. The van der Waals surface area contributed by atoms with E-state index < -0.39 is 10.8 Å². The molecule has 9 heteroatoms. The molecular formula is C24H17FIN3O4. The summed E-state index contributed by atoms with van der Waals surface area (Å²) in [6.45, 7) is 0. The van der Waals surface area contributed by atoms with Crippen LogP contribution in [0.15, 0.2) is 66.2 Å². The normalized spacial score (nSPS) is 10.9. The number of nitro groups is 1. The Kier molecular flexibility index (Phi) is 7.74. The van der Waals surface area contributed by atoms with Crippen molar-refractivity contribution in [1.29, 1.82) is 5.26 Å². The Hall–Kier alpha value is -3.78. The van der Waals surface area contributed by atoms with Crippen LogP contribution in [0.25, 0.3) is 6.08 Å². The fourth-order valence-electron chi connectivity index (χ4n) is 3.11. The first-order valence-corrected chi connectivity index (χ1v) is 10.7. The van der Waals surface area contributed by atoms with Gasteiger partial charge in [-0.2, -0.15) is 5.26 Å². The van der Waals surface area contributed by atoms with Crippen LogP contribution in [0.4, 0.5) is 15.8 Å². The molecule has 0 aliphatic heterocycles. The fraction of sp³-hybridized carbons (Fsp3) is 0.0833. The second-order valence-corrected chi connectivity index (χ2v) is 8.05. The van der Waals surface area contributed by atoms with Crippen molar-refractivity contribution in [3.8, 4) is 11.8 Å². The predicted octanol–water partition coefficient (Wildman–Crippen LogP) is 5.48. The molecule has 33 heavy (non-hydrogen) atoms. The molecule has 0 aromatic heterocycles. The van der Waals surface area contributed by atoms with E-state index in [9.17, 15) is 24.6 Å².